The number of rotatable bonds is 1. The van der Waals surface area contributed by atoms with Gasteiger partial charge in [-0.25, -0.2) is 0 Å². The van der Waals surface area contributed by atoms with Crippen molar-refractivity contribution in [2.24, 2.45) is 0 Å². The van der Waals surface area contributed by atoms with Gasteiger partial charge in [0, 0.05) is 13.1 Å². The number of halogens is 1. The van der Waals surface area contributed by atoms with Crippen molar-refractivity contribution in [3.05, 3.63) is 0 Å². The van der Waals surface area contributed by atoms with Gasteiger partial charge in [-0.1, -0.05) is 0 Å². The van der Waals surface area contributed by atoms with Crippen molar-refractivity contribution in [2.45, 2.75) is 31.3 Å². The Morgan fingerprint density at radius 1 is 1.36 bits per heavy atom. The third-order valence-electron chi connectivity index (χ3n) is 3.34. The second-order valence-electron chi connectivity index (χ2n) is 4.15. The summed E-state index contributed by atoms with van der Waals surface area (Å²) in [6.45, 7) is 2.18. The first-order valence-electron chi connectivity index (χ1n) is 5.23. The molecule has 14 heavy (non-hydrogen) atoms. The molecule has 3 nitrogen and oxygen atoms in total. The molecule has 0 N–H and O–H groups in total. The Kier molecular flexibility index (Phi) is 2.98. The van der Waals surface area contributed by atoms with E-state index in [9.17, 15) is 4.79 Å². The molecule has 1 saturated carbocycles. The number of alkyl halides is 1. The summed E-state index contributed by atoms with van der Waals surface area (Å²) < 4.78 is 5.81. The summed E-state index contributed by atoms with van der Waals surface area (Å²) in [6, 6.07) is 0. The molecule has 0 unspecified atom stereocenters. The van der Waals surface area contributed by atoms with E-state index in [1.165, 1.54) is 6.42 Å². The lowest BCUT2D eigenvalue weighted by Gasteiger charge is -2.40. The highest BCUT2D eigenvalue weighted by molar-refractivity contribution is 6.27. The molecule has 0 radical (unpaired) electrons. The van der Waals surface area contributed by atoms with Crippen molar-refractivity contribution in [1.82, 2.24) is 4.90 Å². The Morgan fingerprint density at radius 2 is 2.14 bits per heavy atom. The summed E-state index contributed by atoms with van der Waals surface area (Å²) >= 11 is 5.53. The lowest BCUT2D eigenvalue weighted by Crippen LogP contribution is -2.40. The van der Waals surface area contributed by atoms with Gasteiger partial charge in [0.2, 0.25) is 5.91 Å². The third kappa shape index (κ3) is 1.89. The summed E-state index contributed by atoms with van der Waals surface area (Å²) in [5.41, 5.74) is 0.112. The van der Waals surface area contributed by atoms with Crippen LogP contribution in [-0.4, -0.2) is 42.0 Å². The van der Waals surface area contributed by atoms with E-state index in [-0.39, 0.29) is 17.4 Å². The Labute approximate surface area is 89.4 Å². The van der Waals surface area contributed by atoms with Gasteiger partial charge in [-0.05, 0) is 25.7 Å². The number of nitrogens with zero attached hydrogens (tertiary/aromatic N) is 1. The minimum atomic E-state index is 0.0339. The van der Waals surface area contributed by atoms with Gasteiger partial charge in [0.25, 0.3) is 0 Å². The van der Waals surface area contributed by atoms with Crippen LogP contribution in [0.15, 0.2) is 0 Å². The molecule has 1 aliphatic carbocycles. The van der Waals surface area contributed by atoms with Gasteiger partial charge >= 0.3 is 0 Å². The van der Waals surface area contributed by atoms with Crippen LogP contribution in [0.25, 0.3) is 0 Å². The predicted octanol–water partition coefficient (Wildman–Crippen LogP) is 1.40. The minimum absolute atomic E-state index is 0.0339. The van der Waals surface area contributed by atoms with E-state index in [0.29, 0.717) is 13.2 Å². The Hall–Kier alpha value is -0.280. The zero-order chi connectivity index (χ0) is 10.0. The maximum Gasteiger partial charge on any atom is 0.237 e. The summed E-state index contributed by atoms with van der Waals surface area (Å²) in [6.07, 6.45) is 4.57. The molecule has 1 saturated heterocycles. The van der Waals surface area contributed by atoms with Crippen molar-refractivity contribution in [2.75, 3.05) is 25.6 Å². The second-order valence-corrected chi connectivity index (χ2v) is 4.42. The van der Waals surface area contributed by atoms with E-state index in [1.54, 1.807) is 0 Å². The maximum atomic E-state index is 11.4. The molecule has 2 rings (SSSR count). The molecular weight excluding hydrogens is 202 g/mol. The van der Waals surface area contributed by atoms with Gasteiger partial charge in [-0.2, -0.15) is 0 Å². The molecule has 2 aliphatic rings. The molecule has 0 aromatic carbocycles. The largest absolute Gasteiger partial charge is 0.373 e. The Bertz CT molecular complexity index is 228. The summed E-state index contributed by atoms with van der Waals surface area (Å²) in [5.74, 6) is 0.124. The van der Waals surface area contributed by atoms with Crippen LogP contribution < -0.4 is 0 Å². The Morgan fingerprint density at radius 3 is 2.71 bits per heavy atom. The zero-order valence-corrected chi connectivity index (χ0v) is 9.05. The predicted molar refractivity (Wildman–Crippen MR) is 54.5 cm³/mol. The first kappa shape index (κ1) is 10.2. The highest BCUT2D eigenvalue weighted by Crippen LogP contribution is 2.39. The van der Waals surface area contributed by atoms with Crippen molar-refractivity contribution < 1.29 is 9.53 Å². The highest BCUT2D eigenvalue weighted by atomic mass is 35.5. The quantitative estimate of drug-likeness (QED) is 0.622. The smallest absolute Gasteiger partial charge is 0.237 e. The van der Waals surface area contributed by atoms with Gasteiger partial charge in [0.15, 0.2) is 0 Å². The lowest BCUT2D eigenvalue weighted by atomic mass is 9.77. The van der Waals surface area contributed by atoms with Crippen LogP contribution in [0.5, 0.6) is 0 Å². The van der Waals surface area contributed by atoms with Crippen LogP contribution in [0.3, 0.4) is 0 Å². The number of hydrogen-bond acceptors (Lipinski definition) is 2. The van der Waals surface area contributed by atoms with Crippen LogP contribution in [0.2, 0.25) is 0 Å². The fraction of sp³-hybridized carbons (Fsp3) is 0.900. The number of carbonyl (C=O) groups is 1. The van der Waals surface area contributed by atoms with Crippen molar-refractivity contribution in [3.8, 4) is 0 Å². The van der Waals surface area contributed by atoms with Gasteiger partial charge in [-0.3, -0.25) is 4.79 Å². The number of hydrogen-bond donors (Lipinski definition) is 0. The molecule has 1 spiro atoms. The van der Waals surface area contributed by atoms with E-state index in [0.717, 1.165) is 25.8 Å². The highest BCUT2D eigenvalue weighted by Gasteiger charge is 2.39. The van der Waals surface area contributed by atoms with Crippen LogP contribution in [0.1, 0.15) is 25.7 Å². The molecule has 0 aromatic rings. The number of amides is 1. The van der Waals surface area contributed by atoms with Crippen molar-refractivity contribution >= 4 is 17.5 Å². The molecule has 0 atom stereocenters. The third-order valence-corrected chi connectivity index (χ3v) is 3.57. The standard InChI is InChI=1S/C10H16ClNO2/c11-8-9(13)12-5-4-10(2-1-3-10)14-7-6-12/h1-8H2. The van der Waals surface area contributed by atoms with Crippen LogP contribution in [-0.2, 0) is 9.53 Å². The summed E-state index contributed by atoms with van der Waals surface area (Å²) in [4.78, 5) is 13.2. The monoisotopic (exact) mass is 217 g/mol. The van der Waals surface area contributed by atoms with Crippen LogP contribution in [0, 0.1) is 0 Å². The van der Waals surface area contributed by atoms with E-state index in [4.69, 9.17) is 16.3 Å². The molecule has 80 valence electrons. The first-order valence-corrected chi connectivity index (χ1v) is 5.77. The molecule has 0 aromatic heterocycles. The molecule has 0 bridgehead atoms. The van der Waals surface area contributed by atoms with E-state index >= 15 is 0 Å². The second kappa shape index (κ2) is 4.07. The van der Waals surface area contributed by atoms with Crippen LogP contribution >= 0.6 is 11.6 Å². The van der Waals surface area contributed by atoms with Crippen molar-refractivity contribution in [1.29, 1.82) is 0 Å². The first-order chi connectivity index (χ1) is 6.76. The zero-order valence-electron chi connectivity index (χ0n) is 8.30. The fourth-order valence-electron chi connectivity index (χ4n) is 2.19. The average molecular weight is 218 g/mol. The molecule has 1 amide bonds. The lowest BCUT2D eigenvalue weighted by molar-refractivity contribution is -0.128. The van der Waals surface area contributed by atoms with E-state index in [1.807, 2.05) is 4.90 Å². The number of carbonyl (C=O) groups excluding carboxylic acids is 1. The average Bonchev–Trinajstić information content (AvgIpc) is 2.37. The fourth-order valence-corrected chi connectivity index (χ4v) is 2.36. The molecular formula is C10H16ClNO2. The normalized spacial score (nSPS) is 25.6. The van der Waals surface area contributed by atoms with E-state index < -0.39 is 0 Å². The van der Waals surface area contributed by atoms with Gasteiger partial charge < -0.3 is 9.64 Å². The minimum Gasteiger partial charge on any atom is -0.373 e. The molecule has 1 aliphatic heterocycles. The molecule has 2 fully saturated rings. The number of ether oxygens (including phenoxy) is 1. The SMILES string of the molecule is O=C(CCl)N1CCOC2(CCC2)CC1. The van der Waals surface area contributed by atoms with Gasteiger partial charge in [0.1, 0.15) is 5.88 Å². The maximum absolute atomic E-state index is 11.4. The summed E-state index contributed by atoms with van der Waals surface area (Å²) in [5, 5.41) is 0. The van der Waals surface area contributed by atoms with Crippen LogP contribution in [0.4, 0.5) is 0 Å². The topological polar surface area (TPSA) is 29.5 Å². The van der Waals surface area contributed by atoms with E-state index in [2.05, 4.69) is 0 Å². The molecule has 1 heterocycles. The van der Waals surface area contributed by atoms with Gasteiger partial charge in [-0.15, -0.1) is 11.6 Å². The Balaban J connectivity index is 1.91. The van der Waals surface area contributed by atoms with Crippen molar-refractivity contribution in [3.63, 3.8) is 0 Å². The summed E-state index contributed by atoms with van der Waals surface area (Å²) in [7, 11) is 0. The molecule has 4 heteroatoms. The van der Waals surface area contributed by atoms with Gasteiger partial charge in [0.05, 0.1) is 12.2 Å².